The second kappa shape index (κ2) is 7.62. The Morgan fingerprint density at radius 1 is 1.40 bits per heavy atom. The number of ether oxygens (including phenoxy) is 1. The number of aliphatic carboxylic acids is 1. The van der Waals surface area contributed by atoms with Crippen LogP contribution in [0.4, 0.5) is 14.6 Å². The van der Waals surface area contributed by atoms with Gasteiger partial charge < -0.3 is 14.9 Å². The summed E-state index contributed by atoms with van der Waals surface area (Å²) in [4.78, 5) is 13.9. The largest absolute Gasteiger partial charge is 0.508 e. The lowest BCUT2D eigenvalue weighted by atomic mass is 10.0. The lowest BCUT2D eigenvalue weighted by molar-refractivity contribution is -0.567. The van der Waals surface area contributed by atoms with Gasteiger partial charge in [-0.3, -0.25) is 5.32 Å². The second-order valence-corrected chi connectivity index (χ2v) is 5.90. The molecule has 1 aromatic heterocycles. The van der Waals surface area contributed by atoms with Crippen molar-refractivity contribution in [1.82, 2.24) is 4.98 Å². The van der Waals surface area contributed by atoms with Crippen molar-refractivity contribution in [1.29, 1.82) is 0 Å². The fraction of sp³-hybridized carbons (Fsp3) is 0.250. The highest BCUT2D eigenvalue weighted by Gasteiger charge is 2.24. The molecule has 25 heavy (non-hydrogen) atoms. The molecule has 0 aliphatic heterocycles. The Bertz CT molecular complexity index is 815. The van der Waals surface area contributed by atoms with Gasteiger partial charge in [-0.25, -0.2) is 4.79 Å². The molecule has 6 nitrogen and oxygen atoms in total. The van der Waals surface area contributed by atoms with Crippen molar-refractivity contribution in [3.05, 3.63) is 40.6 Å². The van der Waals surface area contributed by atoms with Crippen LogP contribution in [0.2, 0.25) is 5.02 Å². The number of hydrogen-bond acceptors (Lipinski definition) is 4. The van der Waals surface area contributed by atoms with Crippen LogP contribution in [0.5, 0.6) is 17.2 Å². The Labute approximate surface area is 147 Å². The van der Waals surface area contributed by atoms with Crippen LogP contribution in [-0.2, 0) is 4.79 Å². The first-order valence-electron chi connectivity index (χ1n) is 7.31. The Hall–Kier alpha value is -2.45. The fourth-order valence-corrected chi connectivity index (χ4v) is 2.26. The molecular formula is C16H16ClF2N2O4+. The van der Waals surface area contributed by atoms with Crippen LogP contribution in [0.15, 0.2) is 18.2 Å². The summed E-state index contributed by atoms with van der Waals surface area (Å²) in [5, 5.41) is 18.7. The molecule has 0 fully saturated rings. The highest BCUT2D eigenvalue weighted by molar-refractivity contribution is 6.32. The quantitative estimate of drug-likeness (QED) is 0.676. The zero-order valence-electron chi connectivity index (χ0n) is 13.4. The van der Waals surface area contributed by atoms with Gasteiger partial charge in [0.05, 0.1) is 0 Å². The predicted octanol–water partition coefficient (Wildman–Crippen LogP) is 2.91. The number of benzene rings is 1. The molecule has 0 aliphatic rings. The van der Waals surface area contributed by atoms with E-state index in [9.17, 15) is 18.7 Å². The molecule has 0 bridgehead atoms. The maximum absolute atomic E-state index is 14.5. The maximum Gasteiger partial charge on any atom is 0.359 e. The summed E-state index contributed by atoms with van der Waals surface area (Å²) in [6, 6.07) is 4.22. The standard InChI is InChI=1S/C16H15ClF2N2O4/c1-7(2)9-5-8(3-4-10(9)22)25-14-12(17)15(19)21-16(13(14)18)20-6-11(23)24/h3-5,7,22H,6H2,1-2H3,(H,20,21)(H,23,24)/p+1. The number of aromatic hydroxyl groups is 1. The molecule has 0 radical (unpaired) electrons. The van der Waals surface area contributed by atoms with E-state index in [2.05, 4.69) is 4.98 Å². The zero-order valence-corrected chi connectivity index (χ0v) is 14.1. The highest BCUT2D eigenvalue weighted by Crippen LogP contribution is 2.37. The average molecular weight is 374 g/mol. The van der Waals surface area contributed by atoms with Gasteiger partial charge >= 0.3 is 5.97 Å². The minimum atomic E-state index is -1.22. The summed E-state index contributed by atoms with van der Waals surface area (Å²) in [5.41, 5.74) is 0.557. The summed E-state index contributed by atoms with van der Waals surface area (Å²) in [6.45, 7) is 3.15. The van der Waals surface area contributed by atoms with Crippen LogP contribution in [0.25, 0.3) is 0 Å². The van der Waals surface area contributed by atoms with E-state index in [0.29, 0.717) is 5.56 Å². The van der Waals surface area contributed by atoms with Gasteiger partial charge in [-0.05, 0) is 24.1 Å². The summed E-state index contributed by atoms with van der Waals surface area (Å²) in [5.74, 6) is -4.45. The van der Waals surface area contributed by atoms with E-state index in [4.69, 9.17) is 21.4 Å². The maximum atomic E-state index is 14.5. The second-order valence-electron chi connectivity index (χ2n) is 5.52. The lowest BCUT2D eigenvalue weighted by Crippen LogP contribution is -2.80. The number of aromatic nitrogens is 1. The van der Waals surface area contributed by atoms with E-state index in [-0.39, 0.29) is 17.4 Å². The third-order valence-electron chi connectivity index (χ3n) is 3.33. The molecule has 0 aliphatic carbocycles. The molecule has 0 amide bonds. The first-order valence-corrected chi connectivity index (χ1v) is 7.68. The van der Waals surface area contributed by atoms with Gasteiger partial charge in [0, 0.05) is 5.56 Å². The monoisotopic (exact) mass is 373 g/mol. The van der Waals surface area contributed by atoms with Crippen molar-refractivity contribution < 1.29 is 33.8 Å². The molecule has 0 saturated carbocycles. The molecule has 0 saturated heterocycles. The zero-order chi connectivity index (χ0) is 18.7. The molecule has 0 unspecified atom stereocenters. The normalized spacial score (nSPS) is 11.0. The molecule has 2 rings (SSSR count). The molecule has 2 aromatic rings. The van der Waals surface area contributed by atoms with Gasteiger partial charge in [0.15, 0.2) is 12.3 Å². The van der Waals surface area contributed by atoms with Crippen LogP contribution >= 0.6 is 11.6 Å². The van der Waals surface area contributed by atoms with Gasteiger partial charge in [-0.2, -0.15) is 13.8 Å². The molecule has 4 N–H and O–H groups in total. The fourth-order valence-electron chi connectivity index (χ4n) is 2.10. The molecular weight excluding hydrogens is 358 g/mol. The van der Waals surface area contributed by atoms with E-state index >= 15 is 0 Å². The Morgan fingerprint density at radius 2 is 2.08 bits per heavy atom. The molecule has 134 valence electrons. The number of carboxylic acids is 1. The number of quaternary nitrogens is 1. The Balaban J connectivity index is 2.42. The van der Waals surface area contributed by atoms with Crippen molar-refractivity contribution in [2.45, 2.75) is 19.8 Å². The van der Waals surface area contributed by atoms with E-state index in [1.807, 2.05) is 13.8 Å². The topological polar surface area (TPSA) is 96.3 Å². The summed E-state index contributed by atoms with van der Waals surface area (Å²) in [7, 11) is 0. The Morgan fingerprint density at radius 3 is 2.68 bits per heavy atom. The van der Waals surface area contributed by atoms with Gasteiger partial charge in [-0.15, -0.1) is 0 Å². The van der Waals surface area contributed by atoms with Crippen molar-refractivity contribution in [3.63, 3.8) is 0 Å². The number of halogens is 3. The number of rotatable bonds is 6. The minimum absolute atomic E-state index is 0.0301. The first-order chi connectivity index (χ1) is 11.7. The number of phenolic OH excluding ortho intramolecular Hbond substituents is 1. The van der Waals surface area contributed by atoms with Crippen LogP contribution in [-0.4, -0.2) is 27.7 Å². The third-order valence-corrected chi connectivity index (χ3v) is 3.66. The third kappa shape index (κ3) is 4.34. The number of hydrogen-bond donors (Lipinski definition) is 3. The van der Waals surface area contributed by atoms with Crippen LogP contribution in [0.1, 0.15) is 25.3 Å². The van der Waals surface area contributed by atoms with Crippen LogP contribution < -0.4 is 10.1 Å². The summed E-state index contributed by atoms with van der Waals surface area (Å²) >= 11 is 5.73. The summed E-state index contributed by atoms with van der Waals surface area (Å²) in [6.07, 6.45) is 0. The number of pyridine rings is 1. The number of carboxylic acid groups (broad SMARTS) is 1. The summed E-state index contributed by atoms with van der Waals surface area (Å²) < 4.78 is 33.6. The smallest absolute Gasteiger partial charge is 0.359 e. The van der Waals surface area contributed by atoms with Gasteiger partial charge in [0.1, 0.15) is 16.5 Å². The predicted molar refractivity (Wildman–Crippen MR) is 85.5 cm³/mol. The molecule has 0 atom stereocenters. The van der Waals surface area contributed by atoms with Crippen molar-refractivity contribution in [2.24, 2.45) is 0 Å². The molecule has 1 aromatic carbocycles. The van der Waals surface area contributed by atoms with Crippen molar-refractivity contribution in [3.8, 4) is 17.2 Å². The minimum Gasteiger partial charge on any atom is -0.508 e. The number of carbonyl (C=O) groups is 1. The first kappa shape index (κ1) is 18.9. The van der Waals surface area contributed by atoms with Gasteiger partial charge in [0.2, 0.25) is 11.8 Å². The van der Waals surface area contributed by atoms with E-state index in [0.717, 1.165) is 5.32 Å². The Kier molecular flexibility index (Phi) is 5.76. The van der Waals surface area contributed by atoms with E-state index in [1.165, 1.54) is 18.2 Å². The van der Waals surface area contributed by atoms with Crippen LogP contribution in [0.3, 0.4) is 0 Å². The van der Waals surface area contributed by atoms with Crippen molar-refractivity contribution in [2.75, 3.05) is 6.54 Å². The molecule has 9 heteroatoms. The number of phenols is 1. The SMILES string of the molecule is CC(C)c1cc(Oc2c(F)c([NH2+]CC(=O)O)nc(F)c2Cl)ccc1O. The van der Waals surface area contributed by atoms with Gasteiger partial charge in [-0.1, -0.05) is 25.4 Å². The van der Waals surface area contributed by atoms with Crippen molar-refractivity contribution >= 4 is 23.4 Å². The van der Waals surface area contributed by atoms with E-state index in [1.54, 1.807) is 0 Å². The molecule has 1 heterocycles. The molecule has 0 spiro atoms. The number of nitrogens with two attached hydrogens (primary N) is 1. The van der Waals surface area contributed by atoms with Crippen LogP contribution in [0, 0.1) is 11.8 Å². The number of nitrogens with zero attached hydrogens (tertiary/aromatic N) is 1. The van der Waals surface area contributed by atoms with E-state index < -0.39 is 40.9 Å². The van der Waals surface area contributed by atoms with Gasteiger partial charge in [0.25, 0.3) is 5.82 Å². The average Bonchev–Trinajstić information content (AvgIpc) is 2.54. The lowest BCUT2D eigenvalue weighted by Gasteiger charge is -2.13. The highest BCUT2D eigenvalue weighted by atomic mass is 35.5.